The van der Waals surface area contributed by atoms with Gasteiger partial charge in [-0.05, 0) is 25.7 Å². The molecule has 2 N–H and O–H groups in total. The summed E-state index contributed by atoms with van der Waals surface area (Å²) in [6.45, 7) is 0. The predicted octanol–water partition coefficient (Wildman–Crippen LogP) is 1.14. The lowest BCUT2D eigenvalue weighted by atomic mass is 9.55. The molecule has 0 saturated heterocycles. The van der Waals surface area contributed by atoms with E-state index in [1.54, 1.807) is 0 Å². The molecule has 2 heteroatoms. The van der Waals surface area contributed by atoms with E-state index in [1.807, 2.05) is 0 Å². The Kier molecular flexibility index (Phi) is 1.12. The van der Waals surface area contributed by atoms with Crippen LogP contribution in [0.4, 0.5) is 0 Å². The van der Waals surface area contributed by atoms with Gasteiger partial charge in [0.25, 0.3) is 11.6 Å². The number of ketones is 2. The van der Waals surface area contributed by atoms with Crippen LogP contribution in [0.15, 0.2) is 0 Å². The van der Waals surface area contributed by atoms with Crippen molar-refractivity contribution in [1.29, 1.82) is 0 Å². The van der Waals surface area contributed by atoms with E-state index in [2.05, 4.69) is 0 Å². The average Bonchev–Trinajstić information content (AvgIpc) is 2.02. The van der Waals surface area contributed by atoms with Crippen LogP contribution in [0.1, 0.15) is 25.7 Å². The molecule has 0 amide bonds. The summed E-state index contributed by atoms with van der Waals surface area (Å²) in [5.74, 6) is 3.17. The van der Waals surface area contributed by atoms with Gasteiger partial charge in [-0.1, -0.05) is 0 Å². The van der Waals surface area contributed by atoms with E-state index in [1.165, 1.54) is 0 Å². The predicted molar refractivity (Wildman–Crippen MR) is 46.3 cm³/mol. The Morgan fingerprint density at radius 3 is 1.17 bits per heavy atom. The minimum absolute atomic E-state index is 0.420. The van der Waals surface area contributed by atoms with Crippen LogP contribution in [-0.4, -0.2) is 21.2 Å². The zero-order valence-corrected chi connectivity index (χ0v) is 7.03. The molecule has 0 radical (unpaired) electrons. The van der Waals surface area contributed by atoms with Crippen LogP contribution in [0.3, 0.4) is 0 Å². The van der Waals surface area contributed by atoms with Crippen molar-refractivity contribution in [2.45, 2.75) is 25.7 Å². The molecule has 0 heterocycles. The number of hydrogen-bond acceptors (Lipinski definition) is 0. The molecule has 4 aliphatic rings. The zero-order valence-electron chi connectivity index (χ0n) is 7.03. The van der Waals surface area contributed by atoms with E-state index in [9.17, 15) is 9.59 Å². The van der Waals surface area contributed by atoms with Crippen molar-refractivity contribution in [3.8, 4) is 0 Å². The van der Waals surface area contributed by atoms with Crippen molar-refractivity contribution >= 4 is 11.6 Å². The summed E-state index contributed by atoms with van der Waals surface area (Å²) in [5, 5.41) is 0. The van der Waals surface area contributed by atoms with E-state index in [0.29, 0.717) is 23.7 Å². The highest BCUT2D eigenvalue weighted by Gasteiger charge is 2.58. The van der Waals surface area contributed by atoms with Gasteiger partial charge in [-0.15, -0.1) is 0 Å². The second-order valence-electron chi connectivity index (χ2n) is 4.58. The topological polar surface area (TPSA) is 42.8 Å². The maximum absolute atomic E-state index is 9.74. The Hall–Kier alpha value is -0.660. The molecule has 4 saturated carbocycles. The highest BCUT2D eigenvalue weighted by atomic mass is 16.1. The molecule has 12 heavy (non-hydrogen) atoms. The van der Waals surface area contributed by atoms with E-state index < -0.39 is 0 Å². The van der Waals surface area contributed by atoms with Crippen molar-refractivity contribution in [3.63, 3.8) is 0 Å². The van der Waals surface area contributed by atoms with Crippen LogP contribution in [0.25, 0.3) is 0 Å². The second-order valence-corrected chi connectivity index (χ2v) is 4.58. The Morgan fingerprint density at radius 1 is 0.667 bits per heavy atom. The highest BCUT2D eigenvalue weighted by molar-refractivity contribution is 5.96. The molecular formula is C10H14O2+2. The summed E-state index contributed by atoms with van der Waals surface area (Å²) in [6, 6.07) is 0. The largest absolute Gasteiger partial charge is 0.299 e. The number of rotatable bonds is 0. The smallest absolute Gasteiger partial charge is 0.283 e. The Morgan fingerprint density at radius 2 is 0.917 bits per heavy atom. The van der Waals surface area contributed by atoms with Crippen molar-refractivity contribution in [2.75, 3.05) is 0 Å². The lowest BCUT2D eigenvalue weighted by molar-refractivity contribution is 0.200. The van der Waals surface area contributed by atoms with Gasteiger partial charge < -0.3 is 0 Å². The molecule has 4 fully saturated rings. The van der Waals surface area contributed by atoms with Crippen LogP contribution >= 0.6 is 0 Å². The molecule has 4 aliphatic carbocycles. The van der Waals surface area contributed by atoms with Crippen LogP contribution in [0.2, 0.25) is 0 Å². The van der Waals surface area contributed by atoms with Gasteiger partial charge in [-0.3, -0.25) is 9.59 Å². The number of carbonyl (C=O) groups excluding carboxylic acids is 2. The molecular weight excluding hydrogens is 152 g/mol. The SMILES string of the molecule is [OH+]=C1C2CC3CC1CC(C2)C3=[OH+]. The van der Waals surface area contributed by atoms with E-state index in [-0.39, 0.29) is 0 Å². The summed E-state index contributed by atoms with van der Waals surface area (Å²) in [7, 11) is 0. The molecule has 4 bridgehead atoms. The molecule has 64 valence electrons. The Labute approximate surface area is 71.3 Å². The standard InChI is InChI=1S/C10H12O2/c11-9-5-1-6-3-8(9)4-7(2-5)10(6)12/h5-8H,1-4H2/p+2. The van der Waals surface area contributed by atoms with Crippen molar-refractivity contribution in [1.82, 2.24) is 0 Å². The van der Waals surface area contributed by atoms with Crippen LogP contribution in [0.5, 0.6) is 0 Å². The van der Waals surface area contributed by atoms with E-state index in [4.69, 9.17) is 0 Å². The van der Waals surface area contributed by atoms with Gasteiger partial charge in [0.2, 0.25) is 0 Å². The minimum Gasteiger partial charge on any atom is -0.283 e. The minimum atomic E-state index is 0.420. The maximum atomic E-state index is 9.74. The lowest BCUT2D eigenvalue weighted by Gasteiger charge is -2.41. The van der Waals surface area contributed by atoms with Crippen LogP contribution < -0.4 is 0 Å². The number of hydrogen-bond donors (Lipinski definition) is 0. The maximum Gasteiger partial charge on any atom is 0.299 e. The fourth-order valence-corrected chi connectivity index (χ4v) is 3.39. The van der Waals surface area contributed by atoms with Gasteiger partial charge in [0, 0.05) is 0 Å². The van der Waals surface area contributed by atoms with Crippen LogP contribution in [0, 0.1) is 23.7 Å². The second kappa shape index (κ2) is 1.98. The van der Waals surface area contributed by atoms with Gasteiger partial charge in [-0.2, -0.15) is 0 Å². The molecule has 0 atom stereocenters. The summed E-state index contributed by atoms with van der Waals surface area (Å²) >= 11 is 0. The van der Waals surface area contributed by atoms with Gasteiger partial charge in [-0.25, -0.2) is 0 Å². The fourth-order valence-electron chi connectivity index (χ4n) is 3.39. The summed E-state index contributed by atoms with van der Waals surface area (Å²) in [5.41, 5.74) is 0. The summed E-state index contributed by atoms with van der Waals surface area (Å²) < 4.78 is 0. The van der Waals surface area contributed by atoms with E-state index >= 15 is 0 Å². The van der Waals surface area contributed by atoms with Gasteiger partial charge in [0.05, 0.1) is 23.7 Å². The Balaban J connectivity index is 2.01. The molecule has 2 nitrogen and oxygen atoms in total. The van der Waals surface area contributed by atoms with Crippen molar-refractivity contribution in [2.24, 2.45) is 23.7 Å². The molecule has 0 aromatic rings. The first-order valence-electron chi connectivity index (χ1n) is 4.87. The molecule has 0 aromatic carbocycles. The van der Waals surface area contributed by atoms with Gasteiger partial charge in [0.15, 0.2) is 0 Å². The van der Waals surface area contributed by atoms with E-state index in [0.717, 1.165) is 37.2 Å². The first kappa shape index (κ1) is 6.81. The van der Waals surface area contributed by atoms with Crippen LogP contribution in [-0.2, 0) is 0 Å². The third-order valence-corrected chi connectivity index (χ3v) is 3.95. The molecule has 0 aliphatic heterocycles. The highest BCUT2D eigenvalue weighted by Crippen LogP contribution is 2.49. The molecule has 4 rings (SSSR count). The third-order valence-electron chi connectivity index (χ3n) is 3.95. The average molecular weight is 166 g/mol. The normalized spacial score (nSPS) is 50.3. The lowest BCUT2D eigenvalue weighted by Crippen LogP contribution is -2.51. The Bertz CT molecular complexity index is 209. The summed E-state index contributed by atoms with van der Waals surface area (Å²) in [6.07, 6.45) is 4.02. The monoisotopic (exact) mass is 166 g/mol. The fraction of sp³-hybridized carbons (Fsp3) is 0.800. The molecule has 0 aromatic heterocycles. The van der Waals surface area contributed by atoms with Crippen molar-refractivity contribution in [3.05, 3.63) is 0 Å². The summed E-state index contributed by atoms with van der Waals surface area (Å²) in [4.78, 5) is 19.5. The quantitative estimate of drug-likeness (QED) is 0.484. The zero-order chi connectivity index (χ0) is 8.29. The third kappa shape index (κ3) is 0.661. The van der Waals surface area contributed by atoms with Gasteiger partial charge in [0.1, 0.15) is 0 Å². The molecule has 0 unspecified atom stereocenters. The van der Waals surface area contributed by atoms with Crippen molar-refractivity contribution < 1.29 is 9.59 Å². The first-order valence-corrected chi connectivity index (χ1v) is 4.87. The van der Waals surface area contributed by atoms with Gasteiger partial charge >= 0.3 is 0 Å². The first-order chi connectivity index (χ1) is 5.75. The molecule has 0 spiro atoms.